The van der Waals surface area contributed by atoms with Crippen LogP contribution in [0, 0.1) is 6.92 Å². The van der Waals surface area contributed by atoms with E-state index in [0.29, 0.717) is 12.4 Å². The molecule has 0 radical (unpaired) electrons. The Morgan fingerprint density at radius 1 is 1.20 bits per heavy atom. The van der Waals surface area contributed by atoms with E-state index in [-0.39, 0.29) is 5.95 Å². The fraction of sp³-hybridized carbons (Fsp3) is 0.200. The van der Waals surface area contributed by atoms with E-state index in [2.05, 4.69) is 9.97 Å². The summed E-state index contributed by atoms with van der Waals surface area (Å²) in [5.74, 6) is 0.602. The molecule has 0 aliphatic carbocycles. The average Bonchev–Trinajstić information content (AvgIpc) is 2.17. The number of aromatic nitrogens is 2. The van der Waals surface area contributed by atoms with Crippen molar-refractivity contribution in [3.8, 4) is 0 Å². The highest BCUT2D eigenvalue weighted by molar-refractivity contribution is 5.92. The Morgan fingerprint density at radius 3 is 2.60 bits per heavy atom. The molecule has 15 heavy (non-hydrogen) atoms. The maximum Gasteiger partial charge on any atom is 0.222 e. The quantitative estimate of drug-likeness (QED) is 0.628. The van der Waals surface area contributed by atoms with Crippen LogP contribution < -0.4 is 17.2 Å². The topological polar surface area (TPSA) is 104 Å². The van der Waals surface area contributed by atoms with Crippen LogP contribution in [0.3, 0.4) is 0 Å². The van der Waals surface area contributed by atoms with Gasteiger partial charge >= 0.3 is 0 Å². The van der Waals surface area contributed by atoms with Crippen LogP contribution in [0.15, 0.2) is 12.1 Å². The minimum atomic E-state index is 0.194. The largest absolute Gasteiger partial charge is 0.383 e. The molecule has 0 saturated heterocycles. The molecule has 6 N–H and O–H groups in total. The van der Waals surface area contributed by atoms with Crippen LogP contribution in [0.1, 0.15) is 11.1 Å². The minimum Gasteiger partial charge on any atom is -0.383 e. The average molecular weight is 203 g/mol. The number of hydrogen-bond acceptors (Lipinski definition) is 5. The summed E-state index contributed by atoms with van der Waals surface area (Å²) in [6.45, 7) is 2.44. The van der Waals surface area contributed by atoms with Crippen LogP contribution in [0.2, 0.25) is 0 Å². The molecule has 78 valence electrons. The molecule has 5 heteroatoms. The van der Waals surface area contributed by atoms with Crippen molar-refractivity contribution < 1.29 is 0 Å². The van der Waals surface area contributed by atoms with Gasteiger partial charge in [-0.1, -0.05) is 6.07 Å². The summed E-state index contributed by atoms with van der Waals surface area (Å²) < 4.78 is 0. The first kappa shape index (κ1) is 9.67. The summed E-state index contributed by atoms with van der Waals surface area (Å²) in [6, 6.07) is 3.79. The van der Waals surface area contributed by atoms with Crippen molar-refractivity contribution >= 4 is 22.7 Å². The van der Waals surface area contributed by atoms with Crippen molar-refractivity contribution in [2.24, 2.45) is 5.73 Å². The molecule has 0 atom stereocenters. The number of nitrogen functional groups attached to an aromatic ring is 2. The molecular formula is C10H13N5. The van der Waals surface area contributed by atoms with Gasteiger partial charge in [0.1, 0.15) is 5.82 Å². The molecular weight excluding hydrogens is 190 g/mol. The second-order valence-corrected chi connectivity index (χ2v) is 3.41. The van der Waals surface area contributed by atoms with Crippen LogP contribution in [-0.2, 0) is 6.54 Å². The lowest BCUT2D eigenvalue weighted by molar-refractivity contribution is 1.05. The van der Waals surface area contributed by atoms with E-state index < -0.39 is 0 Å². The summed E-state index contributed by atoms with van der Waals surface area (Å²) in [6.07, 6.45) is 0. The highest BCUT2D eigenvalue weighted by Crippen LogP contribution is 2.25. The number of fused-ring (bicyclic) bond motifs is 1. The Balaban J connectivity index is 2.87. The Hall–Kier alpha value is -1.88. The van der Waals surface area contributed by atoms with Gasteiger partial charge in [0.2, 0.25) is 5.95 Å². The van der Waals surface area contributed by atoms with E-state index in [9.17, 15) is 0 Å². The van der Waals surface area contributed by atoms with Crippen molar-refractivity contribution in [3.05, 3.63) is 23.3 Å². The zero-order valence-corrected chi connectivity index (χ0v) is 8.49. The Bertz CT molecular complexity index is 521. The lowest BCUT2D eigenvalue weighted by atomic mass is 10.0. The second kappa shape index (κ2) is 3.36. The van der Waals surface area contributed by atoms with E-state index in [1.807, 2.05) is 19.1 Å². The van der Waals surface area contributed by atoms with E-state index in [0.717, 1.165) is 22.0 Å². The van der Waals surface area contributed by atoms with Gasteiger partial charge in [-0.25, -0.2) is 4.98 Å². The molecule has 0 spiro atoms. The second-order valence-electron chi connectivity index (χ2n) is 3.41. The maximum atomic E-state index is 5.81. The first-order valence-electron chi connectivity index (χ1n) is 4.64. The molecule has 5 nitrogen and oxygen atoms in total. The Kier molecular flexibility index (Phi) is 2.17. The number of hydrogen-bond donors (Lipinski definition) is 3. The molecule has 0 amide bonds. The molecule has 1 heterocycles. The van der Waals surface area contributed by atoms with Gasteiger partial charge in [0.05, 0.1) is 5.52 Å². The van der Waals surface area contributed by atoms with Crippen molar-refractivity contribution in [2.75, 3.05) is 11.5 Å². The van der Waals surface area contributed by atoms with Crippen LogP contribution in [0.4, 0.5) is 11.8 Å². The maximum absolute atomic E-state index is 5.81. The molecule has 0 fully saturated rings. The SMILES string of the molecule is Cc1c(CN)ccc2nc(N)nc(N)c12. The summed E-state index contributed by atoms with van der Waals surface area (Å²) in [7, 11) is 0. The molecule has 1 aromatic carbocycles. The third kappa shape index (κ3) is 1.46. The van der Waals surface area contributed by atoms with Gasteiger partial charge < -0.3 is 17.2 Å². The molecule has 0 bridgehead atoms. The lowest BCUT2D eigenvalue weighted by Crippen LogP contribution is -2.04. The third-order valence-electron chi connectivity index (χ3n) is 2.50. The van der Waals surface area contributed by atoms with E-state index in [4.69, 9.17) is 17.2 Å². The summed E-state index contributed by atoms with van der Waals surface area (Å²) in [5, 5.41) is 0.840. The van der Waals surface area contributed by atoms with E-state index in [1.54, 1.807) is 0 Å². The predicted molar refractivity (Wildman–Crippen MR) is 61.0 cm³/mol. The van der Waals surface area contributed by atoms with E-state index >= 15 is 0 Å². The molecule has 0 aliphatic heterocycles. The van der Waals surface area contributed by atoms with Gasteiger partial charge in [-0.05, 0) is 24.1 Å². The van der Waals surface area contributed by atoms with Crippen molar-refractivity contribution in [3.63, 3.8) is 0 Å². The number of rotatable bonds is 1. The molecule has 1 aromatic heterocycles. The number of nitrogens with two attached hydrogens (primary N) is 3. The zero-order valence-electron chi connectivity index (χ0n) is 8.49. The fourth-order valence-electron chi connectivity index (χ4n) is 1.71. The monoisotopic (exact) mass is 203 g/mol. The van der Waals surface area contributed by atoms with Crippen LogP contribution in [0.25, 0.3) is 10.9 Å². The molecule has 2 rings (SSSR count). The van der Waals surface area contributed by atoms with Crippen molar-refractivity contribution in [1.29, 1.82) is 0 Å². The first-order chi connectivity index (χ1) is 7.13. The normalized spacial score (nSPS) is 10.8. The first-order valence-corrected chi connectivity index (χ1v) is 4.64. The molecule has 0 saturated carbocycles. The number of benzene rings is 1. The number of nitrogens with zero attached hydrogens (tertiary/aromatic N) is 2. The van der Waals surface area contributed by atoms with Gasteiger partial charge in [0, 0.05) is 11.9 Å². The number of aryl methyl sites for hydroxylation is 1. The van der Waals surface area contributed by atoms with Crippen LogP contribution in [-0.4, -0.2) is 9.97 Å². The highest BCUT2D eigenvalue weighted by atomic mass is 15.0. The van der Waals surface area contributed by atoms with Gasteiger partial charge in [0.25, 0.3) is 0 Å². The van der Waals surface area contributed by atoms with Gasteiger partial charge in [-0.2, -0.15) is 4.98 Å². The van der Waals surface area contributed by atoms with Gasteiger partial charge in [-0.15, -0.1) is 0 Å². The smallest absolute Gasteiger partial charge is 0.222 e. The minimum absolute atomic E-state index is 0.194. The zero-order chi connectivity index (χ0) is 11.0. The van der Waals surface area contributed by atoms with Gasteiger partial charge in [-0.3, -0.25) is 0 Å². The summed E-state index contributed by atoms with van der Waals surface area (Å²) in [5.41, 5.74) is 19.8. The van der Waals surface area contributed by atoms with Crippen LogP contribution >= 0.6 is 0 Å². The predicted octanol–water partition coefficient (Wildman–Crippen LogP) is 0.561. The Morgan fingerprint density at radius 2 is 1.93 bits per heavy atom. The Labute approximate surface area is 87.3 Å². The third-order valence-corrected chi connectivity index (χ3v) is 2.50. The highest BCUT2D eigenvalue weighted by Gasteiger charge is 2.08. The molecule has 2 aromatic rings. The molecule has 0 unspecified atom stereocenters. The fourth-order valence-corrected chi connectivity index (χ4v) is 1.71. The number of anilines is 2. The van der Waals surface area contributed by atoms with Crippen LogP contribution in [0.5, 0.6) is 0 Å². The molecule has 0 aliphatic rings. The van der Waals surface area contributed by atoms with Gasteiger partial charge in [0.15, 0.2) is 0 Å². The summed E-state index contributed by atoms with van der Waals surface area (Å²) >= 11 is 0. The van der Waals surface area contributed by atoms with Crippen molar-refractivity contribution in [1.82, 2.24) is 9.97 Å². The van der Waals surface area contributed by atoms with Crippen molar-refractivity contribution in [2.45, 2.75) is 13.5 Å². The van der Waals surface area contributed by atoms with E-state index in [1.165, 1.54) is 0 Å². The lowest BCUT2D eigenvalue weighted by Gasteiger charge is -2.09. The summed E-state index contributed by atoms with van der Waals surface area (Å²) in [4.78, 5) is 8.06. The standard InChI is InChI=1S/C10H13N5/c1-5-6(4-11)2-3-7-8(5)9(12)15-10(13)14-7/h2-3H,4,11H2,1H3,(H4,12,13,14,15).